The van der Waals surface area contributed by atoms with Gasteiger partial charge in [-0.2, -0.15) is 5.10 Å². The van der Waals surface area contributed by atoms with Gasteiger partial charge in [0.2, 0.25) is 15.0 Å². The van der Waals surface area contributed by atoms with Crippen molar-refractivity contribution in [3.8, 4) is 0 Å². The van der Waals surface area contributed by atoms with Crippen LogP contribution in [0.3, 0.4) is 0 Å². The van der Waals surface area contributed by atoms with Gasteiger partial charge in [0.15, 0.2) is 0 Å². The monoisotopic (exact) mass is 231 g/mol. The third-order valence-electron chi connectivity index (χ3n) is 2.42. The number of aromatic amines is 1. The van der Waals surface area contributed by atoms with Crippen LogP contribution in [0, 0.1) is 0 Å². The molecule has 1 unspecified atom stereocenters. The molecule has 6 nitrogen and oxygen atoms in total. The maximum Gasteiger partial charge on any atom is 0.242 e. The largest absolute Gasteiger partial charge is 0.378 e. The summed E-state index contributed by atoms with van der Waals surface area (Å²) in [7, 11) is -3.31. The van der Waals surface area contributed by atoms with Crippen LogP contribution in [0.25, 0.3) is 0 Å². The van der Waals surface area contributed by atoms with Crippen molar-refractivity contribution in [1.29, 1.82) is 0 Å². The number of rotatable bonds is 4. The molecule has 0 spiro atoms. The van der Waals surface area contributed by atoms with Crippen molar-refractivity contribution in [2.24, 2.45) is 0 Å². The van der Waals surface area contributed by atoms with Gasteiger partial charge >= 0.3 is 0 Å². The molecule has 1 fully saturated rings. The summed E-state index contributed by atoms with van der Waals surface area (Å²) in [5.74, 6) is 0.0624. The van der Waals surface area contributed by atoms with E-state index in [4.69, 9.17) is 4.74 Å². The maximum atomic E-state index is 11.7. The zero-order valence-electron chi connectivity index (χ0n) is 8.22. The van der Waals surface area contributed by atoms with Crippen LogP contribution in [0.15, 0.2) is 11.5 Å². The number of nitrogens with zero attached hydrogens (tertiary/aromatic N) is 2. The standard InChI is InChI=1S/C8H13N3O3S/c12-15(13,8-9-6-10-11-8)5-3-7-2-1-4-14-7/h6-7H,1-5H2,(H,9,10,11). The van der Waals surface area contributed by atoms with Crippen molar-refractivity contribution in [3.05, 3.63) is 6.33 Å². The summed E-state index contributed by atoms with van der Waals surface area (Å²) >= 11 is 0. The highest BCUT2D eigenvalue weighted by Crippen LogP contribution is 2.17. The quantitative estimate of drug-likeness (QED) is 0.797. The first kappa shape index (κ1) is 10.6. The molecule has 0 aliphatic carbocycles. The van der Waals surface area contributed by atoms with Gasteiger partial charge in [-0.1, -0.05) is 0 Å². The summed E-state index contributed by atoms with van der Waals surface area (Å²) in [5.41, 5.74) is 0. The van der Waals surface area contributed by atoms with E-state index in [-0.39, 0.29) is 17.0 Å². The van der Waals surface area contributed by atoms with Gasteiger partial charge in [0.25, 0.3) is 0 Å². The van der Waals surface area contributed by atoms with E-state index in [1.54, 1.807) is 0 Å². The minimum Gasteiger partial charge on any atom is -0.378 e. The van der Waals surface area contributed by atoms with Crippen LogP contribution in [0.4, 0.5) is 0 Å². The smallest absolute Gasteiger partial charge is 0.242 e. The summed E-state index contributed by atoms with van der Waals surface area (Å²) in [6, 6.07) is 0. The molecule has 0 amide bonds. The first-order valence-corrected chi connectivity index (χ1v) is 6.53. The fourth-order valence-corrected chi connectivity index (χ4v) is 2.77. The fourth-order valence-electron chi connectivity index (χ4n) is 1.60. The Kier molecular flexibility index (Phi) is 3.01. The van der Waals surface area contributed by atoms with Crippen LogP contribution in [0.2, 0.25) is 0 Å². The second kappa shape index (κ2) is 4.28. The van der Waals surface area contributed by atoms with Gasteiger partial charge < -0.3 is 4.74 Å². The number of hydrogen-bond acceptors (Lipinski definition) is 5. The molecule has 2 heterocycles. The van der Waals surface area contributed by atoms with Gasteiger partial charge in [0, 0.05) is 6.61 Å². The van der Waals surface area contributed by atoms with Gasteiger partial charge in [0.05, 0.1) is 11.9 Å². The fraction of sp³-hybridized carbons (Fsp3) is 0.750. The van der Waals surface area contributed by atoms with Crippen LogP contribution in [-0.2, 0) is 14.6 Å². The third kappa shape index (κ3) is 2.54. The first-order valence-electron chi connectivity index (χ1n) is 4.88. The van der Waals surface area contributed by atoms with E-state index in [0.717, 1.165) is 19.4 Å². The van der Waals surface area contributed by atoms with Gasteiger partial charge in [0.1, 0.15) is 6.33 Å². The highest BCUT2D eigenvalue weighted by molar-refractivity contribution is 7.91. The van der Waals surface area contributed by atoms with E-state index in [1.165, 1.54) is 6.33 Å². The van der Waals surface area contributed by atoms with Crippen LogP contribution >= 0.6 is 0 Å². The highest BCUT2D eigenvalue weighted by atomic mass is 32.2. The summed E-state index contributed by atoms with van der Waals surface area (Å²) < 4.78 is 28.7. The number of sulfone groups is 1. The number of ether oxygens (including phenoxy) is 1. The van der Waals surface area contributed by atoms with Crippen molar-refractivity contribution < 1.29 is 13.2 Å². The third-order valence-corrected chi connectivity index (χ3v) is 3.98. The molecule has 0 saturated carbocycles. The Morgan fingerprint density at radius 1 is 1.60 bits per heavy atom. The number of nitrogens with one attached hydrogen (secondary N) is 1. The number of hydrogen-bond donors (Lipinski definition) is 1. The predicted octanol–water partition coefficient (Wildman–Crippen LogP) is 0.148. The van der Waals surface area contributed by atoms with Crippen molar-refractivity contribution in [2.45, 2.75) is 30.5 Å². The van der Waals surface area contributed by atoms with E-state index >= 15 is 0 Å². The average Bonchev–Trinajstić information content (AvgIpc) is 2.88. The Morgan fingerprint density at radius 2 is 2.47 bits per heavy atom. The first-order chi connectivity index (χ1) is 7.18. The van der Waals surface area contributed by atoms with Crippen molar-refractivity contribution in [2.75, 3.05) is 12.4 Å². The van der Waals surface area contributed by atoms with Crippen LogP contribution in [0.1, 0.15) is 19.3 Å². The topological polar surface area (TPSA) is 84.9 Å². The van der Waals surface area contributed by atoms with E-state index in [1.807, 2.05) is 0 Å². The van der Waals surface area contributed by atoms with Crippen molar-refractivity contribution >= 4 is 9.84 Å². The Hall–Kier alpha value is -0.950. The summed E-state index contributed by atoms with van der Waals surface area (Å²) in [6.07, 6.45) is 3.78. The van der Waals surface area contributed by atoms with Crippen LogP contribution in [-0.4, -0.2) is 42.1 Å². The van der Waals surface area contributed by atoms with Crippen LogP contribution < -0.4 is 0 Å². The minimum absolute atomic E-state index is 0.0551. The second-order valence-corrected chi connectivity index (χ2v) is 5.56. The molecule has 1 aromatic rings. The Morgan fingerprint density at radius 3 is 3.07 bits per heavy atom. The van der Waals surface area contributed by atoms with E-state index in [2.05, 4.69) is 15.2 Å². The molecule has 0 aromatic carbocycles. The van der Waals surface area contributed by atoms with Crippen LogP contribution in [0.5, 0.6) is 0 Å². The van der Waals surface area contributed by atoms with Gasteiger partial charge in [-0.15, -0.1) is 0 Å². The zero-order valence-corrected chi connectivity index (χ0v) is 9.03. The maximum absolute atomic E-state index is 11.7. The number of aromatic nitrogens is 3. The average molecular weight is 231 g/mol. The lowest BCUT2D eigenvalue weighted by Gasteiger charge is -2.07. The number of H-pyrrole nitrogens is 1. The zero-order chi connectivity index (χ0) is 10.7. The Labute approximate surface area is 88.0 Å². The van der Waals surface area contributed by atoms with Gasteiger partial charge in [-0.05, 0) is 19.3 Å². The summed E-state index contributed by atoms with van der Waals surface area (Å²) in [6.45, 7) is 0.743. The molecule has 1 saturated heterocycles. The Bertz CT molecular complexity index is 395. The molecule has 1 N–H and O–H groups in total. The molecule has 2 rings (SSSR count). The van der Waals surface area contributed by atoms with E-state index in [0.29, 0.717) is 6.42 Å². The Balaban J connectivity index is 1.93. The highest BCUT2D eigenvalue weighted by Gasteiger charge is 2.22. The lowest BCUT2D eigenvalue weighted by molar-refractivity contribution is 0.109. The van der Waals surface area contributed by atoms with Gasteiger partial charge in [-0.3, -0.25) is 5.10 Å². The lowest BCUT2D eigenvalue weighted by atomic mass is 10.2. The van der Waals surface area contributed by atoms with Gasteiger partial charge in [-0.25, -0.2) is 13.4 Å². The normalized spacial score (nSPS) is 22.0. The van der Waals surface area contributed by atoms with Crippen molar-refractivity contribution in [1.82, 2.24) is 15.2 Å². The molecular weight excluding hydrogens is 218 g/mol. The molecular formula is C8H13N3O3S. The molecule has 1 aliphatic heterocycles. The molecule has 7 heteroatoms. The second-order valence-electron chi connectivity index (χ2n) is 3.53. The predicted molar refractivity (Wildman–Crippen MR) is 52.0 cm³/mol. The summed E-state index contributed by atoms with van der Waals surface area (Å²) in [4.78, 5) is 3.64. The molecule has 1 atom stereocenters. The molecule has 1 aromatic heterocycles. The van der Waals surface area contributed by atoms with Crippen molar-refractivity contribution in [3.63, 3.8) is 0 Å². The molecule has 0 radical (unpaired) electrons. The van der Waals surface area contributed by atoms with E-state index < -0.39 is 9.84 Å². The lowest BCUT2D eigenvalue weighted by Crippen LogP contribution is -2.15. The summed E-state index contributed by atoms with van der Waals surface area (Å²) in [5, 5.41) is 5.83. The molecule has 1 aliphatic rings. The minimum atomic E-state index is -3.31. The molecule has 84 valence electrons. The SMILES string of the molecule is O=S(=O)(CCC1CCCO1)c1ncn[nH]1. The molecule has 0 bridgehead atoms. The molecule has 15 heavy (non-hydrogen) atoms. The van der Waals surface area contributed by atoms with E-state index in [9.17, 15) is 8.42 Å².